The van der Waals surface area contributed by atoms with Gasteiger partial charge in [0.25, 0.3) is 0 Å². The summed E-state index contributed by atoms with van der Waals surface area (Å²) in [6, 6.07) is 38.9. The molecule has 60 heavy (non-hydrogen) atoms. The highest BCUT2D eigenvalue weighted by molar-refractivity contribution is 7.99. The van der Waals surface area contributed by atoms with Crippen molar-refractivity contribution < 1.29 is 9.59 Å². The van der Waals surface area contributed by atoms with E-state index in [2.05, 4.69) is 158 Å². The third-order valence-electron chi connectivity index (χ3n) is 12.8. The third-order valence-corrected chi connectivity index (χ3v) is 14.0. The zero-order valence-corrected chi connectivity index (χ0v) is 37.3. The first-order chi connectivity index (χ1) is 28.7. The Hall–Kier alpha value is -5.65. The van der Waals surface area contributed by atoms with Crippen molar-refractivity contribution in [2.45, 2.75) is 108 Å². The summed E-state index contributed by atoms with van der Waals surface area (Å²) in [5.41, 5.74) is 14.0. The first-order valence-electron chi connectivity index (χ1n) is 21.5. The molecule has 0 bridgehead atoms. The Balaban J connectivity index is 1.31. The van der Waals surface area contributed by atoms with Crippen LogP contribution in [0.15, 0.2) is 142 Å². The molecule has 3 aliphatic rings. The van der Waals surface area contributed by atoms with Gasteiger partial charge in [0, 0.05) is 32.0 Å². The second kappa shape index (κ2) is 14.8. The van der Waals surface area contributed by atoms with Crippen molar-refractivity contribution >= 4 is 62.5 Å². The molecular formula is C55H54N2O2S. The number of rotatable bonds is 7. The van der Waals surface area contributed by atoms with Crippen LogP contribution in [0, 0.1) is 0 Å². The van der Waals surface area contributed by atoms with Crippen LogP contribution in [-0.4, -0.2) is 11.6 Å². The lowest BCUT2D eigenvalue weighted by Gasteiger charge is -2.37. The number of carbonyl (C=O) groups excluding carboxylic acids is 2. The van der Waals surface area contributed by atoms with Crippen LogP contribution in [-0.2, 0) is 5.41 Å². The van der Waals surface area contributed by atoms with E-state index in [1.165, 1.54) is 60.4 Å². The average Bonchev–Trinajstić information content (AvgIpc) is 3.58. The highest BCUT2D eigenvalue weighted by atomic mass is 32.2. The summed E-state index contributed by atoms with van der Waals surface area (Å²) in [5.74, 6) is 0.716. The molecule has 0 aromatic heterocycles. The van der Waals surface area contributed by atoms with Crippen LogP contribution in [0.2, 0.25) is 0 Å². The van der Waals surface area contributed by atoms with E-state index in [0.29, 0.717) is 23.0 Å². The predicted molar refractivity (Wildman–Crippen MR) is 252 cm³/mol. The van der Waals surface area contributed by atoms with Gasteiger partial charge < -0.3 is 9.80 Å². The fraction of sp³-hybridized carbons (Fsp3) is 0.273. The first-order valence-corrected chi connectivity index (χ1v) is 22.4. The van der Waals surface area contributed by atoms with Crippen LogP contribution in [0.1, 0.15) is 141 Å². The number of allylic oxidation sites excluding steroid dienone is 4. The van der Waals surface area contributed by atoms with Gasteiger partial charge in [0.1, 0.15) is 0 Å². The molecule has 6 aromatic carbocycles. The summed E-state index contributed by atoms with van der Waals surface area (Å²) in [5, 5.41) is 1.91. The Kier molecular flexibility index (Phi) is 9.82. The molecule has 2 heterocycles. The van der Waals surface area contributed by atoms with Crippen molar-refractivity contribution in [2.24, 2.45) is 0 Å². The number of hydrogen-bond donors (Lipinski definition) is 0. The molecule has 0 saturated heterocycles. The Morgan fingerprint density at radius 1 is 0.500 bits per heavy atom. The van der Waals surface area contributed by atoms with Gasteiger partial charge in [0.2, 0.25) is 0 Å². The van der Waals surface area contributed by atoms with Gasteiger partial charge in [-0.05, 0) is 111 Å². The average molecular weight is 807 g/mol. The van der Waals surface area contributed by atoms with E-state index in [1.54, 1.807) is 0 Å². The molecule has 0 amide bonds. The van der Waals surface area contributed by atoms with Gasteiger partial charge in [-0.1, -0.05) is 154 Å². The number of ketones is 2. The zero-order valence-electron chi connectivity index (χ0n) is 36.5. The third kappa shape index (κ3) is 6.19. The number of Topliss-reactive ketones (excluding diaryl/α,β-unsaturated/α-hetero) is 2. The van der Waals surface area contributed by atoms with Crippen LogP contribution in [0.25, 0.3) is 10.8 Å². The van der Waals surface area contributed by atoms with E-state index < -0.39 is 5.41 Å². The molecule has 0 unspecified atom stereocenters. The minimum absolute atomic E-state index is 0.212. The molecular weight excluding hydrogens is 753 g/mol. The summed E-state index contributed by atoms with van der Waals surface area (Å²) >= 11 is 1.83. The van der Waals surface area contributed by atoms with E-state index in [1.807, 2.05) is 54.2 Å². The maximum atomic E-state index is 14.1. The fourth-order valence-corrected chi connectivity index (χ4v) is 10.7. The maximum absolute atomic E-state index is 14.1. The predicted octanol–water partition coefficient (Wildman–Crippen LogP) is 15.6. The Labute approximate surface area is 360 Å². The van der Waals surface area contributed by atoms with Gasteiger partial charge >= 0.3 is 0 Å². The number of anilines is 5. The summed E-state index contributed by atoms with van der Waals surface area (Å²) in [7, 11) is 0. The van der Waals surface area contributed by atoms with Crippen LogP contribution in [0.5, 0.6) is 0 Å². The van der Waals surface area contributed by atoms with E-state index in [0.717, 1.165) is 22.2 Å². The number of para-hydroxylation sites is 3. The lowest BCUT2D eigenvalue weighted by atomic mass is 9.82. The number of fused-ring (bicyclic) bond motifs is 5. The minimum Gasteiger partial charge on any atom is -0.312 e. The molecule has 2 aliphatic heterocycles. The first kappa shape index (κ1) is 39.8. The molecule has 5 heteroatoms. The van der Waals surface area contributed by atoms with E-state index in [9.17, 15) is 9.59 Å². The Bertz CT molecular complexity index is 2730. The molecule has 4 nitrogen and oxygen atoms in total. The summed E-state index contributed by atoms with van der Waals surface area (Å²) in [6.07, 6.45) is 3.88. The van der Waals surface area contributed by atoms with Gasteiger partial charge in [0.05, 0.1) is 34.0 Å². The largest absolute Gasteiger partial charge is 0.312 e. The lowest BCUT2D eigenvalue weighted by Crippen LogP contribution is -2.25. The highest BCUT2D eigenvalue weighted by Crippen LogP contribution is 2.61. The molecule has 0 saturated carbocycles. The van der Waals surface area contributed by atoms with E-state index >= 15 is 0 Å². The van der Waals surface area contributed by atoms with Crippen molar-refractivity contribution in [2.75, 3.05) is 9.80 Å². The topological polar surface area (TPSA) is 40.6 Å². The molecule has 0 N–H and O–H groups in total. The summed E-state index contributed by atoms with van der Waals surface area (Å²) in [4.78, 5) is 35.7. The van der Waals surface area contributed by atoms with Gasteiger partial charge in [-0.3, -0.25) is 9.59 Å². The number of nitrogens with zero attached hydrogens (tertiary/aromatic N) is 2. The second-order valence-electron chi connectivity index (χ2n) is 18.4. The van der Waals surface area contributed by atoms with Crippen LogP contribution >= 0.6 is 11.8 Å². The molecule has 6 aromatic rings. The van der Waals surface area contributed by atoms with Crippen molar-refractivity contribution in [3.05, 3.63) is 172 Å². The SMILES string of the molecule is CC(C)c1cccc(C(C)C)c1N1/C(=C/C=C2C(=O)c3cc4ccccc4cc3C2=O)C(C)(C)c2cc3c(cc21)Sc1ccccc1N3c1c(C(C)C)cccc1C(C)C. The maximum Gasteiger partial charge on any atom is 0.197 e. The second-order valence-corrected chi connectivity index (χ2v) is 19.5. The Morgan fingerprint density at radius 2 is 0.983 bits per heavy atom. The highest BCUT2D eigenvalue weighted by Gasteiger charge is 2.45. The molecule has 0 radical (unpaired) electrons. The van der Waals surface area contributed by atoms with E-state index in [4.69, 9.17) is 0 Å². The van der Waals surface area contributed by atoms with Crippen molar-refractivity contribution in [3.63, 3.8) is 0 Å². The van der Waals surface area contributed by atoms with Crippen molar-refractivity contribution in [1.29, 1.82) is 0 Å². The lowest BCUT2D eigenvalue weighted by molar-refractivity contribution is 0.0988. The van der Waals surface area contributed by atoms with Crippen molar-refractivity contribution in [3.8, 4) is 0 Å². The van der Waals surface area contributed by atoms with Gasteiger partial charge in [-0.2, -0.15) is 0 Å². The normalized spacial score (nSPS) is 16.2. The number of hydrogen-bond acceptors (Lipinski definition) is 5. The molecule has 0 fully saturated rings. The summed E-state index contributed by atoms with van der Waals surface area (Å²) in [6.45, 7) is 22.8. The van der Waals surface area contributed by atoms with Gasteiger partial charge in [-0.25, -0.2) is 0 Å². The zero-order chi connectivity index (χ0) is 42.4. The molecule has 1 aliphatic carbocycles. The van der Waals surface area contributed by atoms with Crippen LogP contribution < -0.4 is 9.80 Å². The van der Waals surface area contributed by atoms with Crippen LogP contribution in [0.4, 0.5) is 28.4 Å². The minimum atomic E-state index is -0.516. The molecule has 0 atom stereocenters. The van der Waals surface area contributed by atoms with Crippen LogP contribution in [0.3, 0.4) is 0 Å². The van der Waals surface area contributed by atoms with E-state index in [-0.39, 0.29) is 29.0 Å². The standard InChI is InChI=1S/C55H54N2O2S/c1-31(2)37-19-15-20-38(32(3)4)51(37)56-45-23-13-14-24-48(45)60-49-30-46-44(29-47(49)56)55(9,10)50(57(46)52-39(33(5)6)21-16-22-40(52)34(7)8)26-25-41-53(58)42-27-35-17-11-12-18-36(35)28-43(42)54(41)59/h11-34H,1-10H3/b50-26+. The number of benzene rings is 6. The van der Waals surface area contributed by atoms with Gasteiger partial charge in [-0.15, -0.1) is 0 Å². The number of carbonyl (C=O) groups is 2. The van der Waals surface area contributed by atoms with Gasteiger partial charge in [0.15, 0.2) is 11.6 Å². The van der Waals surface area contributed by atoms with Crippen molar-refractivity contribution in [1.82, 2.24) is 0 Å². The summed E-state index contributed by atoms with van der Waals surface area (Å²) < 4.78 is 0. The monoisotopic (exact) mass is 806 g/mol. The molecule has 0 spiro atoms. The smallest absolute Gasteiger partial charge is 0.197 e. The molecule has 9 rings (SSSR count). The Morgan fingerprint density at radius 3 is 1.50 bits per heavy atom. The molecule has 302 valence electrons. The quantitative estimate of drug-likeness (QED) is 0.119. The fourth-order valence-electron chi connectivity index (χ4n) is 9.65.